The van der Waals surface area contributed by atoms with Gasteiger partial charge in [-0.2, -0.15) is 0 Å². The number of aliphatic hydroxyl groups excluding tert-OH is 1. The predicted molar refractivity (Wildman–Crippen MR) is 73.2 cm³/mol. The molecule has 0 spiro atoms. The fourth-order valence-corrected chi connectivity index (χ4v) is 1.92. The van der Waals surface area contributed by atoms with E-state index in [2.05, 4.69) is 4.98 Å². The molecule has 1 heterocycles. The number of aromatic amines is 1. The maximum atomic E-state index is 12.1. The largest absolute Gasteiger partial charge is 0.483 e. The van der Waals surface area contributed by atoms with Crippen molar-refractivity contribution in [3.8, 4) is 5.75 Å². The lowest BCUT2D eigenvalue weighted by Gasteiger charge is -2.12. The highest BCUT2D eigenvalue weighted by Crippen LogP contribution is 2.15. The van der Waals surface area contributed by atoms with Gasteiger partial charge in [0.2, 0.25) is 5.43 Å². The van der Waals surface area contributed by atoms with Gasteiger partial charge in [-0.15, -0.1) is 0 Å². The van der Waals surface area contributed by atoms with Crippen molar-refractivity contribution in [3.63, 3.8) is 0 Å². The molecule has 0 saturated carbocycles. The van der Waals surface area contributed by atoms with E-state index in [4.69, 9.17) is 9.84 Å². The first kappa shape index (κ1) is 13.4. The summed E-state index contributed by atoms with van der Waals surface area (Å²) < 4.78 is 5.61. The van der Waals surface area contributed by atoms with Gasteiger partial charge in [-0.05, 0) is 19.4 Å². The first-order chi connectivity index (χ1) is 9.13. The van der Waals surface area contributed by atoms with Gasteiger partial charge in [0, 0.05) is 11.3 Å². The van der Waals surface area contributed by atoms with Gasteiger partial charge in [0.1, 0.15) is 6.61 Å². The molecule has 0 aliphatic heterocycles. The summed E-state index contributed by atoms with van der Waals surface area (Å²) in [6.07, 6.45) is 0. The van der Waals surface area contributed by atoms with Crippen LogP contribution in [0.3, 0.4) is 0 Å². The van der Waals surface area contributed by atoms with Crippen LogP contribution in [0.5, 0.6) is 5.75 Å². The molecule has 0 bridgehead atoms. The van der Waals surface area contributed by atoms with Gasteiger partial charge >= 0.3 is 0 Å². The zero-order chi connectivity index (χ0) is 13.8. The molecular weight excluding hydrogens is 242 g/mol. The van der Waals surface area contributed by atoms with E-state index in [1.807, 2.05) is 30.3 Å². The van der Waals surface area contributed by atoms with E-state index >= 15 is 0 Å². The number of H-pyrrole nitrogens is 1. The third kappa shape index (κ3) is 2.85. The van der Waals surface area contributed by atoms with Gasteiger partial charge in [0.25, 0.3) is 0 Å². The number of aromatic nitrogens is 1. The van der Waals surface area contributed by atoms with Crippen molar-refractivity contribution < 1.29 is 9.84 Å². The molecule has 4 nitrogen and oxygen atoms in total. The molecule has 0 amide bonds. The number of rotatable bonds is 4. The topological polar surface area (TPSA) is 62.3 Å². The average molecular weight is 259 g/mol. The smallest absolute Gasteiger partial charge is 0.226 e. The quantitative estimate of drug-likeness (QED) is 0.883. The normalized spacial score (nSPS) is 10.5. The van der Waals surface area contributed by atoms with Crippen LogP contribution in [-0.2, 0) is 13.2 Å². The number of nitrogens with one attached hydrogen (secondary N) is 1. The number of aliphatic hydroxyl groups is 1. The number of hydrogen-bond acceptors (Lipinski definition) is 3. The molecule has 19 heavy (non-hydrogen) atoms. The molecule has 0 unspecified atom stereocenters. The third-order valence-electron chi connectivity index (χ3n) is 3.06. The molecule has 0 fully saturated rings. The number of ether oxygens (including phenoxy) is 1. The fraction of sp³-hybridized carbons (Fsp3) is 0.267. The molecular formula is C15H17NO3. The van der Waals surface area contributed by atoms with Crippen molar-refractivity contribution in [2.75, 3.05) is 0 Å². The van der Waals surface area contributed by atoms with E-state index < -0.39 is 0 Å². The summed E-state index contributed by atoms with van der Waals surface area (Å²) in [5.41, 5.74) is 2.50. The standard InChI is InChI=1S/C15H17NO3/c1-10-13(8-17)16-11(2)15(14(10)18)19-9-12-6-4-3-5-7-12/h3-7,17H,8-9H2,1-2H3,(H,16,18). The van der Waals surface area contributed by atoms with Crippen molar-refractivity contribution in [2.45, 2.75) is 27.1 Å². The molecule has 0 aliphatic rings. The van der Waals surface area contributed by atoms with Crippen LogP contribution in [0.2, 0.25) is 0 Å². The fourth-order valence-electron chi connectivity index (χ4n) is 1.92. The lowest BCUT2D eigenvalue weighted by atomic mass is 10.1. The van der Waals surface area contributed by atoms with E-state index in [1.165, 1.54) is 0 Å². The van der Waals surface area contributed by atoms with Crippen LogP contribution in [0.1, 0.15) is 22.5 Å². The summed E-state index contributed by atoms with van der Waals surface area (Å²) >= 11 is 0. The Balaban J connectivity index is 2.26. The highest BCUT2D eigenvalue weighted by Gasteiger charge is 2.12. The Bertz CT molecular complexity index is 617. The SMILES string of the molecule is Cc1[nH]c(CO)c(C)c(=O)c1OCc1ccccc1. The molecule has 0 atom stereocenters. The first-order valence-electron chi connectivity index (χ1n) is 6.13. The highest BCUT2D eigenvalue weighted by atomic mass is 16.5. The lowest BCUT2D eigenvalue weighted by molar-refractivity contribution is 0.272. The monoisotopic (exact) mass is 259 g/mol. The lowest BCUT2D eigenvalue weighted by Crippen LogP contribution is -2.16. The number of pyridine rings is 1. The van der Waals surface area contributed by atoms with Gasteiger partial charge < -0.3 is 14.8 Å². The highest BCUT2D eigenvalue weighted by molar-refractivity contribution is 5.34. The van der Waals surface area contributed by atoms with Crippen LogP contribution in [-0.4, -0.2) is 10.1 Å². The van der Waals surface area contributed by atoms with Crippen LogP contribution in [0.4, 0.5) is 0 Å². The second-order valence-electron chi connectivity index (χ2n) is 4.44. The Morgan fingerprint density at radius 1 is 1.21 bits per heavy atom. The van der Waals surface area contributed by atoms with Gasteiger partial charge in [-0.1, -0.05) is 30.3 Å². The van der Waals surface area contributed by atoms with Crippen molar-refractivity contribution in [2.24, 2.45) is 0 Å². The van der Waals surface area contributed by atoms with Crippen LogP contribution in [0.25, 0.3) is 0 Å². The third-order valence-corrected chi connectivity index (χ3v) is 3.06. The van der Waals surface area contributed by atoms with Crippen molar-refractivity contribution in [1.82, 2.24) is 4.98 Å². The second-order valence-corrected chi connectivity index (χ2v) is 4.44. The van der Waals surface area contributed by atoms with E-state index in [0.29, 0.717) is 29.3 Å². The van der Waals surface area contributed by atoms with E-state index in [-0.39, 0.29) is 12.0 Å². The Hall–Kier alpha value is -2.07. The predicted octanol–water partition coefficient (Wildman–Crippen LogP) is 2.06. The van der Waals surface area contributed by atoms with Crippen molar-refractivity contribution in [1.29, 1.82) is 0 Å². The summed E-state index contributed by atoms with van der Waals surface area (Å²) in [6, 6.07) is 9.67. The molecule has 0 radical (unpaired) electrons. The minimum atomic E-state index is -0.180. The van der Waals surface area contributed by atoms with Crippen molar-refractivity contribution >= 4 is 0 Å². The molecule has 0 saturated heterocycles. The summed E-state index contributed by atoms with van der Waals surface area (Å²) in [5, 5.41) is 9.16. The molecule has 1 aromatic carbocycles. The van der Waals surface area contributed by atoms with E-state index in [0.717, 1.165) is 5.56 Å². The Labute approximate surface area is 111 Å². The van der Waals surface area contributed by atoms with Gasteiger partial charge in [-0.3, -0.25) is 4.79 Å². The number of benzene rings is 1. The van der Waals surface area contributed by atoms with Crippen LogP contribution >= 0.6 is 0 Å². The number of hydrogen-bond donors (Lipinski definition) is 2. The molecule has 2 N–H and O–H groups in total. The molecule has 2 rings (SSSR count). The summed E-state index contributed by atoms with van der Waals surface area (Å²) in [7, 11) is 0. The Morgan fingerprint density at radius 2 is 1.89 bits per heavy atom. The van der Waals surface area contributed by atoms with Gasteiger partial charge in [-0.25, -0.2) is 0 Å². The van der Waals surface area contributed by atoms with Gasteiger partial charge in [0.05, 0.1) is 12.3 Å². The van der Waals surface area contributed by atoms with Crippen LogP contribution < -0.4 is 10.2 Å². The zero-order valence-corrected chi connectivity index (χ0v) is 11.1. The summed E-state index contributed by atoms with van der Waals surface area (Å²) in [4.78, 5) is 15.1. The summed E-state index contributed by atoms with van der Waals surface area (Å²) in [5.74, 6) is 0.318. The first-order valence-corrected chi connectivity index (χ1v) is 6.13. The maximum Gasteiger partial charge on any atom is 0.226 e. The minimum Gasteiger partial charge on any atom is -0.483 e. The van der Waals surface area contributed by atoms with Crippen LogP contribution in [0.15, 0.2) is 35.1 Å². The molecule has 2 aromatic rings. The Kier molecular flexibility index (Phi) is 4.02. The molecule has 0 aliphatic carbocycles. The molecule has 1 aromatic heterocycles. The molecule has 4 heteroatoms. The number of aryl methyl sites for hydroxylation is 1. The minimum absolute atomic E-state index is 0.170. The Morgan fingerprint density at radius 3 is 2.53 bits per heavy atom. The molecule has 100 valence electrons. The average Bonchev–Trinajstić information content (AvgIpc) is 2.44. The zero-order valence-electron chi connectivity index (χ0n) is 11.1. The van der Waals surface area contributed by atoms with Gasteiger partial charge in [0.15, 0.2) is 5.75 Å². The maximum absolute atomic E-state index is 12.1. The van der Waals surface area contributed by atoms with Crippen LogP contribution in [0, 0.1) is 13.8 Å². The van der Waals surface area contributed by atoms with E-state index in [1.54, 1.807) is 13.8 Å². The summed E-state index contributed by atoms with van der Waals surface area (Å²) in [6.45, 7) is 3.61. The van der Waals surface area contributed by atoms with E-state index in [9.17, 15) is 4.79 Å². The van der Waals surface area contributed by atoms with Crippen molar-refractivity contribution in [3.05, 3.63) is 63.1 Å². The second kappa shape index (κ2) is 5.71.